The fraction of sp³-hybridized carbons (Fsp3) is 0. The van der Waals surface area contributed by atoms with Crippen LogP contribution in [0.3, 0.4) is 0 Å². The van der Waals surface area contributed by atoms with E-state index in [2.05, 4.69) is 0 Å². The lowest BCUT2D eigenvalue weighted by Crippen LogP contribution is -2.46. The maximum Gasteiger partial charge on any atom is 0.370 e. The smallest absolute Gasteiger partial charge is 0.269 e. The monoisotopic (exact) mass is 488 g/mol. The van der Waals surface area contributed by atoms with E-state index in [9.17, 15) is 48.1 Å². The highest BCUT2D eigenvalue weighted by molar-refractivity contribution is 7.86. The molecule has 0 aromatic carbocycles. The Balaban J connectivity index is 3.75. The second-order valence-electron chi connectivity index (χ2n) is 4.51. The summed E-state index contributed by atoms with van der Waals surface area (Å²) in [6, 6.07) is 0. The molecular formula is C5H4N4O15S4. The maximum absolute atomic E-state index is 12.1. The summed E-state index contributed by atoms with van der Waals surface area (Å²) in [5, 5.41) is 0. The van der Waals surface area contributed by atoms with E-state index in [0.29, 0.717) is 0 Å². The van der Waals surface area contributed by atoms with Gasteiger partial charge in [-0.2, -0.15) is 37.6 Å². The number of imidazole rings is 1. The van der Waals surface area contributed by atoms with Gasteiger partial charge in [0.2, 0.25) is 0 Å². The highest BCUT2D eigenvalue weighted by atomic mass is 32.2. The highest BCUT2D eigenvalue weighted by Gasteiger charge is 2.37. The quantitative estimate of drug-likeness (QED) is 0.292. The van der Waals surface area contributed by atoms with E-state index in [1.54, 1.807) is 0 Å². The van der Waals surface area contributed by atoms with Crippen LogP contribution in [0.4, 0.5) is 0 Å². The van der Waals surface area contributed by atoms with E-state index < -0.39 is 85.2 Å². The molecule has 0 amide bonds. The summed E-state index contributed by atoms with van der Waals surface area (Å²) in [6.07, 6.45) is 0. The lowest BCUT2D eigenvalue weighted by Gasteiger charge is -2.08. The van der Waals surface area contributed by atoms with Gasteiger partial charge in [-0.05, 0) is 0 Å². The van der Waals surface area contributed by atoms with E-state index in [-0.39, 0.29) is 0 Å². The molecule has 0 aliphatic carbocycles. The van der Waals surface area contributed by atoms with Crippen molar-refractivity contribution >= 4 is 52.4 Å². The Labute approximate surface area is 151 Å². The van der Waals surface area contributed by atoms with Crippen molar-refractivity contribution in [2.45, 2.75) is 0 Å². The van der Waals surface area contributed by atoms with Crippen LogP contribution < -0.4 is 16.9 Å². The zero-order chi connectivity index (χ0) is 22.2. The predicted octanol–water partition coefficient (Wildman–Crippen LogP) is -5.27. The highest BCUT2D eigenvalue weighted by Crippen LogP contribution is 2.13. The topological polar surface area (TPSA) is 288 Å². The molecule has 0 spiro atoms. The molecule has 19 nitrogen and oxygen atoms in total. The van der Waals surface area contributed by atoms with Crippen molar-refractivity contribution in [2.24, 2.45) is 0 Å². The Morgan fingerprint density at radius 1 is 0.500 bits per heavy atom. The first-order chi connectivity index (χ1) is 12.2. The van der Waals surface area contributed by atoms with Crippen molar-refractivity contribution in [3.05, 3.63) is 31.3 Å². The average Bonchev–Trinajstić information content (AvgIpc) is 2.67. The zero-order valence-electron chi connectivity index (χ0n) is 12.2. The number of hydrogen-bond acceptors (Lipinski definition) is 11. The number of aromatic nitrogens is 4. The standard InChI is InChI=1S/C5H4N4O15S4/c10-3-1-2(7(26(16,17)18)4(11)6(1)25(13,14)15)8(27(19,20)21)5(12)9(3)28(22,23)24/h(H,13,14,15)(H,16,17,18)(H,19,20,21)(H,22,23,24). The molecule has 4 N–H and O–H groups in total. The van der Waals surface area contributed by atoms with Gasteiger partial charge in [-0.25, -0.2) is 9.59 Å². The van der Waals surface area contributed by atoms with Crippen LogP contribution >= 0.6 is 0 Å². The van der Waals surface area contributed by atoms with Gasteiger partial charge in [-0.15, -0.1) is 11.9 Å². The Bertz CT molecular complexity index is 1640. The van der Waals surface area contributed by atoms with Crippen LogP contribution in [0.1, 0.15) is 0 Å². The first kappa shape index (κ1) is 21.9. The van der Waals surface area contributed by atoms with Crippen molar-refractivity contribution in [3.63, 3.8) is 0 Å². The third-order valence-electron chi connectivity index (χ3n) is 2.80. The molecule has 0 unspecified atom stereocenters. The molecule has 2 rings (SSSR count). The fourth-order valence-corrected chi connectivity index (χ4v) is 4.74. The number of rotatable bonds is 4. The van der Waals surface area contributed by atoms with Crippen LogP contribution in [-0.4, -0.2) is 67.8 Å². The van der Waals surface area contributed by atoms with Crippen molar-refractivity contribution in [3.8, 4) is 0 Å². The molecule has 2 aromatic heterocycles. The number of nitrogens with zero attached hydrogens (tertiary/aromatic N) is 4. The molecule has 28 heavy (non-hydrogen) atoms. The molecule has 158 valence electrons. The average molecular weight is 488 g/mol. The molecule has 0 saturated heterocycles. The minimum atomic E-state index is -6.15. The first-order valence-corrected chi connectivity index (χ1v) is 11.3. The Hall–Kier alpha value is -2.41. The largest absolute Gasteiger partial charge is 0.370 e. The summed E-state index contributed by atoms with van der Waals surface area (Å²) in [5.41, 5.74) is -12.3. The SMILES string of the molecule is O=c1c2c(n(S(=O)(=O)O)c(=O)n1S(=O)(=O)O)n(S(=O)(=O)O)c(=O)n2S(=O)(=O)O. The van der Waals surface area contributed by atoms with Gasteiger partial charge >= 0.3 is 52.6 Å². The lowest BCUT2D eigenvalue weighted by molar-refractivity contribution is 0.459. The minimum absolute atomic E-state index is 1.22. The van der Waals surface area contributed by atoms with Crippen molar-refractivity contribution in [2.75, 3.05) is 0 Å². The van der Waals surface area contributed by atoms with Crippen LogP contribution in [0, 0.1) is 0 Å². The van der Waals surface area contributed by atoms with Gasteiger partial charge in [-0.3, -0.25) is 23.0 Å². The van der Waals surface area contributed by atoms with Gasteiger partial charge in [0.1, 0.15) is 0 Å². The van der Waals surface area contributed by atoms with Crippen LogP contribution in [0.25, 0.3) is 11.2 Å². The maximum atomic E-state index is 12.1. The van der Waals surface area contributed by atoms with E-state index in [4.69, 9.17) is 18.2 Å². The Kier molecular flexibility index (Phi) is 4.53. The van der Waals surface area contributed by atoms with Gasteiger partial charge in [-0.1, -0.05) is 0 Å². The molecule has 2 aromatic rings. The lowest BCUT2D eigenvalue weighted by atomic mass is 10.5. The fourth-order valence-electron chi connectivity index (χ4n) is 2.01. The van der Waals surface area contributed by atoms with E-state index >= 15 is 0 Å². The van der Waals surface area contributed by atoms with Crippen molar-refractivity contribution < 1.29 is 51.9 Å². The molecule has 0 bridgehead atoms. The second-order valence-corrected chi connectivity index (χ2v) is 9.55. The third kappa shape index (κ3) is 3.17. The summed E-state index contributed by atoms with van der Waals surface area (Å²) in [4.78, 5) is 36.1. The van der Waals surface area contributed by atoms with Gasteiger partial charge < -0.3 is 0 Å². The molecule has 0 atom stereocenters. The molecule has 0 saturated carbocycles. The van der Waals surface area contributed by atoms with E-state index in [0.717, 1.165) is 0 Å². The van der Waals surface area contributed by atoms with Gasteiger partial charge in [0.05, 0.1) is 0 Å². The molecule has 23 heteroatoms. The summed E-state index contributed by atoms with van der Waals surface area (Å²) < 4.78 is 121. The zero-order valence-corrected chi connectivity index (χ0v) is 15.5. The van der Waals surface area contributed by atoms with Crippen LogP contribution in [-0.2, 0) is 41.2 Å². The number of hydrogen-bond donors (Lipinski definition) is 4. The van der Waals surface area contributed by atoms with Crippen molar-refractivity contribution in [1.29, 1.82) is 0 Å². The summed E-state index contributed by atoms with van der Waals surface area (Å²) in [7, 11) is -24.3. The third-order valence-corrected chi connectivity index (χ3v) is 5.97. The molecule has 0 aliphatic heterocycles. The van der Waals surface area contributed by atoms with Crippen LogP contribution in [0.15, 0.2) is 14.4 Å². The van der Waals surface area contributed by atoms with E-state index in [1.165, 1.54) is 0 Å². The molecule has 0 fully saturated rings. The van der Waals surface area contributed by atoms with Gasteiger partial charge in [0, 0.05) is 0 Å². The van der Waals surface area contributed by atoms with Gasteiger partial charge in [0.15, 0.2) is 11.2 Å². The summed E-state index contributed by atoms with van der Waals surface area (Å²) in [6.45, 7) is 0. The van der Waals surface area contributed by atoms with E-state index in [1.807, 2.05) is 0 Å². The van der Waals surface area contributed by atoms with Crippen molar-refractivity contribution in [1.82, 2.24) is 15.9 Å². The molecule has 2 heterocycles. The van der Waals surface area contributed by atoms with Gasteiger partial charge in [0.25, 0.3) is 5.56 Å². The Morgan fingerprint density at radius 3 is 1.07 bits per heavy atom. The predicted molar refractivity (Wildman–Crippen MR) is 82.5 cm³/mol. The minimum Gasteiger partial charge on any atom is -0.269 e. The second kappa shape index (κ2) is 5.80. The van der Waals surface area contributed by atoms with Crippen LogP contribution in [0.5, 0.6) is 0 Å². The number of fused-ring (bicyclic) bond motifs is 1. The first-order valence-electron chi connectivity index (χ1n) is 5.70. The summed E-state index contributed by atoms with van der Waals surface area (Å²) >= 11 is 0. The molecule has 0 radical (unpaired) electrons. The normalized spacial score (nSPS) is 13.9. The molecular weight excluding hydrogens is 484 g/mol. The molecule has 0 aliphatic rings. The van der Waals surface area contributed by atoms with Crippen LogP contribution in [0.2, 0.25) is 0 Å². The summed E-state index contributed by atoms with van der Waals surface area (Å²) in [5.74, 6) is 0. The Morgan fingerprint density at radius 2 is 0.786 bits per heavy atom.